The minimum Gasteiger partial charge on any atom is -0.488 e. The zero-order valence-electron chi connectivity index (χ0n) is 25.6. The maximum Gasteiger partial charge on any atom is 0.418 e. The zero-order valence-corrected chi connectivity index (χ0v) is 27.3. The lowest BCUT2D eigenvalue weighted by atomic mass is 10.0. The number of aromatic nitrogens is 3. The van der Waals surface area contributed by atoms with Crippen molar-refractivity contribution in [2.24, 2.45) is 0 Å². The summed E-state index contributed by atoms with van der Waals surface area (Å²) in [6.07, 6.45) is -1.35. The third-order valence-electron chi connectivity index (χ3n) is 6.70. The molecule has 5 aromatic rings. The molecule has 6 rings (SSSR count). The molecular weight excluding hydrogens is 656 g/mol. The Kier molecular flexibility index (Phi) is 9.01. The fraction of sp³-hybridized carbons (Fsp3) is 0.219. The Morgan fingerprint density at radius 1 is 0.851 bits per heavy atom. The van der Waals surface area contributed by atoms with Crippen LogP contribution in [0.2, 0.25) is 0 Å². The van der Waals surface area contributed by atoms with Crippen LogP contribution < -0.4 is 13.8 Å². The molecule has 0 fully saturated rings. The van der Waals surface area contributed by atoms with Gasteiger partial charge in [0.15, 0.2) is 5.82 Å². The van der Waals surface area contributed by atoms with Crippen LogP contribution in [0.4, 0.5) is 24.7 Å². The van der Waals surface area contributed by atoms with Gasteiger partial charge in [0.1, 0.15) is 18.7 Å². The third kappa shape index (κ3) is 7.69. The van der Waals surface area contributed by atoms with Crippen LogP contribution in [0.5, 0.6) is 5.75 Å². The monoisotopic (exact) mass is 685 g/mol. The Bertz CT molecular complexity index is 2130. The molecule has 246 valence electrons. The first-order valence-corrected chi connectivity index (χ1v) is 17.4. The molecule has 1 aliphatic rings. The van der Waals surface area contributed by atoms with Crippen LogP contribution in [0, 0.1) is 0 Å². The number of nitrogens with zero attached hydrogens (tertiary/aromatic N) is 4. The third-order valence-corrected chi connectivity index (χ3v) is 9.52. The molecule has 0 atom stereocenters. The molecular formula is C32H30F3N5O5S2. The molecule has 3 heterocycles. The van der Waals surface area contributed by atoms with Crippen molar-refractivity contribution in [3.8, 4) is 17.0 Å². The second-order valence-corrected chi connectivity index (χ2v) is 15.1. The molecule has 0 saturated carbocycles. The summed E-state index contributed by atoms with van der Waals surface area (Å²) in [5.41, 5.74) is -0.219. The van der Waals surface area contributed by atoms with Gasteiger partial charge < -0.3 is 4.74 Å². The number of benzene rings is 3. The van der Waals surface area contributed by atoms with Crippen LogP contribution in [0.15, 0.2) is 96.3 Å². The average Bonchev–Trinajstić information content (AvgIpc) is 2.96. The molecule has 1 N–H and O–H groups in total. The highest BCUT2D eigenvalue weighted by Gasteiger charge is 2.34. The van der Waals surface area contributed by atoms with E-state index in [1.807, 2.05) is 18.2 Å². The highest BCUT2D eigenvalue weighted by atomic mass is 32.2. The first-order chi connectivity index (χ1) is 21.9. The molecule has 47 heavy (non-hydrogen) atoms. The first-order valence-electron chi connectivity index (χ1n) is 14.1. The van der Waals surface area contributed by atoms with Crippen molar-refractivity contribution in [3.63, 3.8) is 0 Å². The van der Waals surface area contributed by atoms with Crippen molar-refractivity contribution in [1.29, 1.82) is 0 Å². The summed E-state index contributed by atoms with van der Waals surface area (Å²) in [6.45, 7) is 5.87. The molecule has 1 aliphatic heterocycles. The fourth-order valence-electron chi connectivity index (χ4n) is 4.75. The summed E-state index contributed by atoms with van der Waals surface area (Å²) >= 11 is 0. The van der Waals surface area contributed by atoms with E-state index in [4.69, 9.17) is 4.74 Å². The van der Waals surface area contributed by atoms with Gasteiger partial charge in [-0.2, -0.15) is 13.2 Å². The van der Waals surface area contributed by atoms with E-state index >= 15 is 0 Å². The zero-order chi connectivity index (χ0) is 34.2. The quantitative estimate of drug-likeness (QED) is 0.215. The number of anilines is 2. The Hall–Kier alpha value is -4.60. The van der Waals surface area contributed by atoms with Gasteiger partial charge in [0.2, 0.25) is 20.0 Å². The number of pyridine rings is 1. The van der Waals surface area contributed by atoms with E-state index < -0.39 is 37.3 Å². The van der Waals surface area contributed by atoms with Gasteiger partial charge >= 0.3 is 6.18 Å². The minimum absolute atomic E-state index is 0.0606. The number of alkyl halides is 3. The second-order valence-electron chi connectivity index (χ2n) is 11.6. The largest absolute Gasteiger partial charge is 0.488 e. The lowest BCUT2D eigenvalue weighted by Gasteiger charge is -2.23. The predicted octanol–water partition coefficient (Wildman–Crippen LogP) is 6.46. The Labute approximate surface area is 270 Å². The maximum atomic E-state index is 13.5. The van der Waals surface area contributed by atoms with Gasteiger partial charge in [-0.25, -0.2) is 35.8 Å². The number of ether oxygens (including phenoxy) is 1. The number of fused-ring (bicyclic) bond motifs is 2. The van der Waals surface area contributed by atoms with E-state index in [0.29, 0.717) is 0 Å². The van der Waals surface area contributed by atoms with Gasteiger partial charge in [0, 0.05) is 28.2 Å². The molecule has 0 unspecified atom stereocenters. The Balaban J connectivity index is 0.000000466. The maximum absolute atomic E-state index is 13.5. The lowest BCUT2D eigenvalue weighted by Crippen LogP contribution is -2.40. The van der Waals surface area contributed by atoms with Gasteiger partial charge in [-0.15, -0.1) is 0 Å². The number of halogens is 3. The van der Waals surface area contributed by atoms with Gasteiger partial charge in [0.05, 0.1) is 33.6 Å². The normalized spacial score (nSPS) is 13.1. The first kappa shape index (κ1) is 33.8. The minimum atomic E-state index is -4.63. The van der Waals surface area contributed by atoms with Gasteiger partial charge in [-0.1, -0.05) is 24.3 Å². The SMILES string of the molecule is CC(C)(C)NS(=O)(=O)c1ccc(N(c2ncnc3cc(-c4ncccc4C(F)(F)F)ccc23)S(C)(=O)=O)cc1.c1ccc2c(c1)CO2. The number of hydrogen-bond acceptors (Lipinski definition) is 8. The summed E-state index contributed by atoms with van der Waals surface area (Å²) in [4.78, 5) is 12.1. The molecule has 0 aliphatic carbocycles. The number of nitrogens with one attached hydrogen (secondary N) is 1. The second kappa shape index (κ2) is 12.5. The van der Waals surface area contributed by atoms with Crippen LogP contribution in [-0.2, 0) is 32.8 Å². The van der Waals surface area contributed by atoms with E-state index in [1.165, 1.54) is 60.3 Å². The Morgan fingerprint density at radius 3 is 2.11 bits per heavy atom. The summed E-state index contributed by atoms with van der Waals surface area (Å²) < 4.78 is 100. The molecule has 0 radical (unpaired) electrons. The van der Waals surface area contributed by atoms with Gasteiger partial charge in [-0.3, -0.25) is 4.98 Å². The van der Waals surface area contributed by atoms with Crippen molar-refractivity contribution in [1.82, 2.24) is 19.7 Å². The molecule has 0 saturated heterocycles. The predicted molar refractivity (Wildman–Crippen MR) is 172 cm³/mol. The van der Waals surface area contributed by atoms with Gasteiger partial charge in [-0.05, 0) is 75.4 Å². The van der Waals surface area contributed by atoms with Crippen molar-refractivity contribution < 1.29 is 34.7 Å². The summed E-state index contributed by atoms with van der Waals surface area (Å²) in [7, 11) is -7.88. The van der Waals surface area contributed by atoms with Crippen molar-refractivity contribution in [3.05, 3.63) is 103 Å². The highest BCUT2D eigenvalue weighted by molar-refractivity contribution is 7.92. The molecule has 0 amide bonds. The number of rotatable bonds is 6. The van der Waals surface area contributed by atoms with E-state index in [2.05, 4.69) is 25.7 Å². The standard InChI is InChI=1S/C25H24F3N5O4S2.C7H6O/c1-24(2,3)32-39(36,37)18-10-8-17(9-11-18)33(38(4,34)35)23-19-12-7-16(14-21(19)30-15-31-23)22-20(25(26,27)28)6-5-13-29-22;1-2-4-7-6(3-1)5-8-7/h5-15,32H,1-4H3;1-4H,5H2. The summed E-state index contributed by atoms with van der Waals surface area (Å²) in [6, 6.07) is 19.5. The molecule has 3 aromatic carbocycles. The summed E-state index contributed by atoms with van der Waals surface area (Å²) in [5, 5.41) is 0.238. The van der Waals surface area contributed by atoms with Crippen molar-refractivity contribution >= 4 is 42.5 Å². The smallest absolute Gasteiger partial charge is 0.418 e. The van der Waals surface area contributed by atoms with Crippen LogP contribution >= 0.6 is 0 Å². The molecule has 0 spiro atoms. The van der Waals surface area contributed by atoms with E-state index in [0.717, 1.165) is 35.3 Å². The number of hydrogen-bond donors (Lipinski definition) is 1. The average molecular weight is 686 g/mol. The summed E-state index contributed by atoms with van der Waals surface area (Å²) in [5.74, 6) is 0.988. The topological polar surface area (TPSA) is 131 Å². The number of para-hydroxylation sites is 1. The highest BCUT2D eigenvalue weighted by Crippen LogP contribution is 2.38. The number of sulfonamides is 2. The van der Waals surface area contributed by atoms with Crippen molar-refractivity contribution in [2.75, 3.05) is 10.6 Å². The van der Waals surface area contributed by atoms with Crippen LogP contribution in [0.3, 0.4) is 0 Å². The van der Waals surface area contributed by atoms with E-state index in [9.17, 15) is 30.0 Å². The molecule has 10 nitrogen and oxygen atoms in total. The van der Waals surface area contributed by atoms with Crippen LogP contribution in [0.1, 0.15) is 31.9 Å². The molecule has 0 bridgehead atoms. The molecule has 2 aromatic heterocycles. The fourth-order valence-corrected chi connectivity index (χ4v) is 7.13. The molecule has 15 heteroatoms. The van der Waals surface area contributed by atoms with E-state index in [1.54, 1.807) is 20.8 Å². The Morgan fingerprint density at radius 2 is 1.55 bits per heavy atom. The van der Waals surface area contributed by atoms with Crippen molar-refractivity contribution in [2.45, 2.75) is 44.0 Å². The van der Waals surface area contributed by atoms with E-state index in [-0.39, 0.29) is 38.6 Å². The van der Waals surface area contributed by atoms with Crippen LogP contribution in [-0.4, -0.2) is 43.6 Å². The van der Waals surface area contributed by atoms with Crippen LogP contribution in [0.25, 0.3) is 22.2 Å². The van der Waals surface area contributed by atoms with Gasteiger partial charge in [0.25, 0.3) is 0 Å². The lowest BCUT2D eigenvalue weighted by molar-refractivity contribution is -0.137.